The smallest absolute Gasteiger partial charge is 0.431 e. The quantitative estimate of drug-likeness (QED) is 0.319. The third kappa shape index (κ3) is 5.72. The maximum atomic E-state index is 12.0. The summed E-state index contributed by atoms with van der Waals surface area (Å²) < 4.78 is 20.4. The molecule has 0 saturated heterocycles. The van der Waals surface area contributed by atoms with Crippen LogP contribution in [0.4, 0.5) is 16.2 Å². The number of ether oxygens (including phenoxy) is 4. The van der Waals surface area contributed by atoms with Crippen molar-refractivity contribution in [2.75, 3.05) is 27.4 Å². The van der Waals surface area contributed by atoms with Crippen molar-refractivity contribution in [1.82, 2.24) is 0 Å². The Morgan fingerprint density at radius 1 is 0.800 bits per heavy atom. The lowest BCUT2D eigenvalue weighted by Gasteiger charge is -2.18. The van der Waals surface area contributed by atoms with Crippen molar-refractivity contribution in [1.29, 1.82) is 0 Å². The number of hydrogen-bond donors (Lipinski definition) is 0. The fraction of sp³-hybridized carbons (Fsp3) is 0.316. The molecule has 160 valence electrons. The molecule has 11 heteroatoms. The van der Waals surface area contributed by atoms with Crippen LogP contribution in [0.3, 0.4) is 0 Å². The number of carbonyl (C=O) groups excluding carboxylic acids is 1. The SMILES string of the molecule is COC(COC(=O)OCC(OC)c1ccccc1[N+](=O)[O-])c1ccccc1[N+](=O)[O-]. The van der Waals surface area contributed by atoms with Crippen molar-refractivity contribution in [3.63, 3.8) is 0 Å². The molecule has 0 saturated carbocycles. The molecule has 2 rings (SSSR count). The van der Waals surface area contributed by atoms with Crippen molar-refractivity contribution >= 4 is 17.5 Å². The minimum Gasteiger partial charge on any atom is -0.431 e. The molecule has 0 aliphatic heterocycles. The molecule has 0 spiro atoms. The zero-order chi connectivity index (χ0) is 22.1. The first-order valence-electron chi connectivity index (χ1n) is 8.70. The standard InChI is InChI=1S/C19H20N2O9/c1-27-17(13-7-3-5-9-15(13)20(23)24)11-29-19(22)30-12-18(28-2)14-8-4-6-10-16(14)21(25)26/h3-10,17-18H,11-12H2,1-2H3. The lowest BCUT2D eigenvalue weighted by atomic mass is 10.1. The van der Waals surface area contributed by atoms with Crippen LogP contribution < -0.4 is 0 Å². The van der Waals surface area contributed by atoms with Crippen LogP contribution in [0.15, 0.2) is 48.5 Å². The van der Waals surface area contributed by atoms with Gasteiger partial charge in [-0.3, -0.25) is 20.2 Å². The molecule has 0 aliphatic carbocycles. The number of benzene rings is 2. The summed E-state index contributed by atoms with van der Waals surface area (Å²) in [6.07, 6.45) is -2.84. The Labute approximate surface area is 171 Å². The third-order valence-electron chi connectivity index (χ3n) is 4.23. The highest BCUT2D eigenvalue weighted by atomic mass is 16.7. The molecule has 0 radical (unpaired) electrons. The van der Waals surface area contributed by atoms with Gasteiger partial charge in [-0.2, -0.15) is 0 Å². The van der Waals surface area contributed by atoms with Crippen LogP contribution in [0, 0.1) is 20.2 Å². The zero-order valence-electron chi connectivity index (χ0n) is 16.3. The number of hydrogen-bond acceptors (Lipinski definition) is 9. The van der Waals surface area contributed by atoms with Crippen LogP contribution in [-0.4, -0.2) is 43.4 Å². The van der Waals surface area contributed by atoms with Gasteiger partial charge in [0, 0.05) is 26.4 Å². The van der Waals surface area contributed by atoms with E-state index in [1.54, 1.807) is 12.1 Å². The predicted molar refractivity (Wildman–Crippen MR) is 103 cm³/mol. The summed E-state index contributed by atoms with van der Waals surface area (Å²) in [4.78, 5) is 33.2. The van der Waals surface area contributed by atoms with Gasteiger partial charge in [-0.05, 0) is 12.1 Å². The summed E-state index contributed by atoms with van der Waals surface area (Å²) in [5.74, 6) is 0. The number of nitrogens with zero attached hydrogens (tertiary/aromatic N) is 2. The summed E-state index contributed by atoms with van der Waals surface area (Å²) in [5, 5.41) is 22.3. The molecule has 0 bridgehead atoms. The van der Waals surface area contributed by atoms with Crippen molar-refractivity contribution in [2.45, 2.75) is 12.2 Å². The second-order valence-electron chi connectivity index (χ2n) is 5.95. The molecule has 0 N–H and O–H groups in total. The lowest BCUT2D eigenvalue weighted by Crippen LogP contribution is -2.19. The second kappa shape index (κ2) is 10.8. The van der Waals surface area contributed by atoms with E-state index in [0.29, 0.717) is 0 Å². The summed E-state index contributed by atoms with van der Waals surface area (Å²) in [6, 6.07) is 11.8. The highest BCUT2D eigenvalue weighted by molar-refractivity contribution is 5.60. The molecule has 0 fully saturated rings. The first kappa shape index (κ1) is 22.7. The van der Waals surface area contributed by atoms with Gasteiger partial charge < -0.3 is 18.9 Å². The number of rotatable bonds is 10. The summed E-state index contributed by atoms with van der Waals surface area (Å²) in [6.45, 7) is -0.660. The molecular formula is C19H20N2O9. The molecule has 2 unspecified atom stereocenters. The predicted octanol–water partition coefficient (Wildman–Crippen LogP) is 3.73. The Balaban J connectivity index is 1.99. The van der Waals surface area contributed by atoms with Gasteiger partial charge in [0.2, 0.25) is 0 Å². The molecule has 11 nitrogen and oxygen atoms in total. The molecule has 0 aromatic heterocycles. The number of para-hydroxylation sites is 2. The second-order valence-corrected chi connectivity index (χ2v) is 5.95. The molecule has 2 aromatic carbocycles. The Kier molecular flexibility index (Phi) is 8.20. The normalized spacial score (nSPS) is 12.6. The Morgan fingerprint density at radius 2 is 1.17 bits per heavy atom. The number of methoxy groups -OCH3 is 2. The van der Waals surface area contributed by atoms with Gasteiger partial charge in [0.25, 0.3) is 11.4 Å². The van der Waals surface area contributed by atoms with Crippen LogP contribution in [0.25, 0.3) is 0 Å². The van der Waals surface area contributed by atoms with Crippen molar-refractivity contribution in [3.05, 3.63) is 79.9 Å². The Morgan fingerprint density at radius 3 is 1.50 bits per heavy atom. The van der Waals surface area contributed by atoms with E-state index in [-0.39, 0.29) is 35.7 Å². The first-order valence-corrected chi connectivity index (χ1v) is 8.70. The van der Waals surface area contributed by atoms with Crippen LogP contribution in [0.1, 0.15) is 23.3 Å². The molecule has 0 heterocycles. The molecule has 30 heavy (non-hydrogen) atoms. The molecular weight excluding hydrogens is 400 g/mol. The van der Waals surface area contributed by atoms with E-state index in [1.165, 1.54) is 50.6 Å². The van der Waals surface area contributed by atoms with E-state index < -0.39 is 28.2 Å². The molecule has 0 amide bonds. The minimum atomic E-state index is -1.07. The van der Waals surface area contributed by atoms with E-state index in [9.17, 15) is 25.0 Å². The van der Waals surface area contributed by atoms with Gasteiger partial charge in [0.15, 0.2) is 0 Å². The van der Waals surface area contributed by atoms with Gasteiger partial charge in [0.05, 0.1) is 21.0 Å². The molecule has 0 aliphatic rings. The number of nitro benzene ring substituents is 2. The molecule has 2 atom stereocenters. The van der Waals surface area contributed by atoms with Gasteiger partial charge in [-0.25, -0.2) is 4.79 Å². The van der Waals surface area contributed by atoms with Crippen LogP contribution in [-0.2, 0) is 18.9 Å². The van der Waals surface area contributed by atoms with E-state index in [1.807, 2.05) is 0 Å². The van der Waals surface area contributed by atoms with Gasteiger partial charge in [-0.15, -0.1) is 0 Å². The van der Waals surface area contributed by atoms with Gasteiger partial charge in [0.1, 0.15) is 25.4 Å². The Bertz CT molecular complexity index is 832. The maximum absolute atomic E-state index is 12.0. The fourth-order valence-electron chi connectivity index (χ4n) is 2.75. The minimum absolute atomic E-state index is 0.169. The monoisotopic (exact) mass is 420 g/mol. The first-order chi connectivity index (χ1) is 14.4. The third-order valence-corrected chi connectivity index (χ3v) is 4.23. The van der Waals surface area contributed by atoms with Crippen molar-refractivity contribution < 1.29 is 33.6 Å². The average Bonchev–Trinajstić information content (AvgIpc) is 2.75. The number of carbonyl (C=O) groups is 1. The maximum Gasteiger partial charge on any atom is 0.508 e. The van der Waals surface area contributed by atoms with Crippen LogP contribution in [0.5, 0.6) is 0 Å². The van der Waals surface area contributed by atoms with E-state index in [2.05, 4.69) is 0 Å². The summed E-state index contributed by atoms with van der Waals surface area (Å²) in [5.41, 5.74) is 0.147. The Hall–Kier alpha value is -3.57. The topological polar surface area (TPSA) is 140 Å². The van der Waals surface area contributed by atoms with Gasteiger partial charge in [-0.1, -0.05) is 24.3 Å². The van der Waals surface area contributed by atoms with E-state index in [0.717, 1.165) is 0 Å². The van der Waals surface area contributed by atoms with Crippen molar-refractivity contribution in [2.24, 2.45) is 0 Å². The highest BCUT2D eigenvalue weighted by Crippen LogP contribution is 2.28. The summed E-state index contributed by atoms with van der Waals surface area (Å²) >= 11 is 0. The highest BCUT2D eigenvalue weighted by Gasteiger charge is 2.25. The summed E-state index contributed by atoms with van der Waals surface area (Å²) in [7, 11) is 2.65. The zero-order valence-corrected chi connectivity index (χ0v) is 16.3. The van der Waals surface area contributed by atoms with E-state index >= 15 is 0 Å². The lowest BCUT2D eigenvalue weighted by molar-refractivity contribution is -0.386. The van der Waals surface area contributed by atoms with Crippen LogP contribution >= 0.6 is 0 Å². The van der Waals surface area contributed by atoms with Crippen LogP contribution in [0.2, 0.25) is 0 Å². The van der Waals surface area contributed by atoms with Crippen molar-refractivity contribution in [3.8, 4) is 0 Å². The van der Waals surface area contributed by atoms with E-state index in [4.69, 9.17) is 18.9 Å². The molecule has 2 aromatic rings. The fourth-order valence-corrected chi connectivity index (χ4v) is 2.75. The average molecular weight is 420 g/mol. The van der Waals surface area contributed by atoms with Gasteiger partial charge >= 0.3 is 6.16 Å². The number of nitro groups is 2. The largest absolute Gasteiger partial charge is 0.508 e.